The van der Waals surface area contributed by atoms with Crippen LogP contribution in [0.1, 0.15) is 36.4 Å². The van der Waals surface area contributed by atoms with Crippen molar-refractivity contribution in [2.24, 2.45) is 0 Å². The molecule has 0 saturated heterocycles. The first-order valence-electron chi connectivity index (χ1n) is 5.94. The molecule has 0 aromatic heterocycles. The van der Waals surface area contributed by atoms with Crippen LogP contribution in [0.25, 0.3) is 0 Å². The quantitative estimate of drug-likeness (QED) is 0.833. The molecule has 2 rings (SSSR count). The van der Waals surface area contributed by atoms with E-state index in [9.17, 15) is 0 Å². The third-order valence-electron chi connectivity index (χ3n) is 3.15. The molecule has 0 heterocycles. The number of fused-ring (bicyclic) bond motifs is 1. The number of rotatable bonds is 4. The van der Waals surface area contributed by atoms with E-state index in [1.807, 2.05) is 0 Å². The SMILES string of the molecule is OCCCNC1CCCc2ccc(Br)cc21. The molecule has 0 bridgehead atoms. The number of benzene rings is 1. The highest BCUT2D eigenvalue weighted by molar-refractivity contribution is 9.10. The van der Waals surface area contributed by atoms with E-state index in [1.54, 1.807) is 0 Å². The van der Waals surface area contributed by atoms with Crippen LogP contribution in [-0.2, 0) is 6.42 Å². The standard InChI is InChI=1S/C13H18BrNO/c14-11-6-5-10-3-1-4-13(12(10)9-11)15-7-2-8-16/h5-6,9,13,15-16H,1-4,7-8H2. The maximum absolute atomic E-state index is 8.79. The van der Waals surface area contributed by atoms with E-state index in [-0.39, 0.29) is 6.61 Å². The minimum absolute atomic E-state index is 0.269. The van der Waals surface area contributed by atoms with E-state index in [0.29, 0.717) is 6.04 Å². The summed E-state index contributed by atoms with van der Waals surface area (Å²) in [6.45, 7) is 1.16. The zero-order chi connectivity index (χ0) is 11.4. The molecular formula is C13H18BrNO. The normalized spacial score (nSPS) is 19.5. The first-order valence-corrected chi connectivity index (χ1v) is 6.73. The predicted octanol–water partition coefficient (Wildman–Crippen LogP) is 2.80. The van der Waals surface area contributed by atoms with Crippen molar-refractivity contribution in [3.8, 4) is 0 Å². The van der Waals surface area contributed by atoms with Crippen LogP contribution in [0.2, 0.25) is 0 Å². The topological polar surface area (TPSA) is 32.3 Å². The molecule has 1 atom stereocenters. The van der Waals surface area contributed by atoms with Crippen LogP contribution >= 0.6 is 15.9 Å². The van der Waals surface area contributed by atoms with E-state index in [2.05, 4.69) is 39.4 Å². The lowest BCUT2D eigenvalue weighted by molar-refractivity contribution is 0.281. The van der Waals surface area contributed by atoms with E-state index < -0.39 is 0 Å². The van der Waals surface area contributed by atoms with Crippen molar-refractivity contribution in [3.63, 3.8) is 0 Å². The van der Waals surface area contributed by atoms with Gasteiger partial charge in [-0.3, -0.25) is 0 Å². The van der Waals surface area contributed by atoms with Gasteiger partial charge in [0, 0.05) is 17.1 Å². The molecule has 0 saturated carbocycles. The van der Waals surface area contributed by atoms with Crippen LogP contribution in [0.3, 0.4) is 0 Å². The average Bonchev–Trinajstić information content (AvgIpc) is 2.30. The smallest absolute Gasteiger partial charge is 0.0443 e. The van der Waals surface area contributed by atoms with Crippen molar-refractivity contribution < 1.29 is 5.11 Å². The summed E-state index contributed by atoms with van der Waals surface area (Å²) in [7, 11) is 0. The summed E-state index contributed by atoms with van der Waals surface area (Å²) >= 11 is 3.53. The van der Waals surface area contributed by atoms with Gasteiger partial charge in [0.2, 0.25) is 0 Å². The van der Waals surface area contributed by atoms with Crippen molar-refractivity contribution in [2.45, 2.75) is 31.7 Å². The Morgan fingerprint density at radius 2 is 2.31 bits per heavy atom. The Morgan fingerprint density at radius 1 is 1.44 bits per heavy atom. The summed E-state index contributed by atoms with van der Waals surface area (Å²) in [6.07, 6.45) is 4.49. The van der Waals surface area contributed by atoms with Gasteiger partial charge in [0.1, 0.15) is 0 Å². The summed E-state index contributed by atoms with van der Waals surface area (Å²) in [5.41, 5.74) is 2.90. The first kappa shape index (κ1) is 12.1. The minimum Gasteiger partial charge on any atom is -0.396 e. The Hall–Kier alpha value is -0.380. The number of hydrogen-bond donors (Lipinski definition) is 2. The number of halogens is 1. The Labute approximate surface area is 105 Å². The highest BCUT2D eigenvalue weighted by atomic mass is 79.9. The molecule has 0 aliphatic heterocycles. The number of aliphatic hydroxyl groups is 1. The van der Waals surface area contributed by atoms with Gasteiger partial charge in [-0.15, -0.1) is 0 Å². The lowest BCUT2D eigenvalue weighted by atomic mass is 9.88. The summed E-state index contributed by atoms with van der Waals surface area (Å²) in [5.74, 6) is 0. The van der Waals surface area contributed by atoms with Crippen molar-refractivity contribution >= 4 is 15.9 Å². The molecule has 0 spiro atoms. The summed E-state index contributed by atoms with van der Waals surface area (Å²) < 4.78 is 1.15. The van der Waals surface area contributed by atoms with E-state index in [4.69, 9.17) is 5.11 Å². The van der Waals surface area contributed by atoms with E-state index in [1.165, 1.54) is 30.4 Å². The fourth-order valence-electron chi connectivity index (χ4n) is 2.34. The summed E-state index contributed by atoms with van der Waals surface area (Å²) in [6, 6.07) is 7.03. The van der Waals surface area contributed by atoms with Crippen molar-refractivity contribution in [2.75, 3.05) is 13.2 Å². The third-order valence-corrected chi connectivity index (χ3v) is 3.64. The van der Waals surface area contributed by atoms with Crippen LogP contribution in [-0.4, -0.2) is 18.3 Å². The molecule has 3 heteroatoms. The van der Waals surface area contributed by atoms with Gasteiger partial charge < -0.3 is 10.4 Å². The van der Waals surface area contributed by atoms with Gasteiger partial charge >= 0.3 is 0 Å². The second kappa shape index (κ2) is 5.80. The van der Waals surface area contributed by atoms with Crippen molar-refractivity contribution in [1.29, 1.82) is 0 Å². The van der Waals surface area contributed by atoms with E-state index in [0.717, 1.165) is 17.4 Å². The maximum Gasteiger partial charge on any atom is 0.0443 e. The number of hydrogen-bond acceptors (Lipinski definition) is 2. The second-order valence-electron chi connectivity index (χ2n) is 4.32. The van der Waals surface area contributed by atoms with E-state index >= 15 is 0 Å². The summed E-state index contributed by atoms with van der Waals surface area (Å²) in [5, 5.41) is 12.3. The fourth-order valence-corrected chi connectivity index (χ4v) is 2.72. The number of nitrogens with one attached hydrogen (secondary N) is 1. The Kier molecular flexibility index (Phi) is 4.38. The van der Waals surface area contributed by atoms with Gasteiger partial charge in [0.25, 0.3) is 0 Å². The molecule has 1 unspecified atom stereocenters. The molecule has 1 aromatic rings. The fraction of sp³-hybridized carbons (Fsp3) is 0.538. The third kappa shape index (κ3) is 2.84. The van der Waals surface area contributed by atoms with Crippen molar-refractivity contribution in [3.05, 3.63) is 33.8 Å². The average molecular weight is 284 g/mol. The second-order valence-corrected chi connectivity index (χ2v) is 5.23. The molecule has 0 amide bonds. The van der Waals surface area contributed by atoms with Crippen LogP contribution in [0.5, 0.6) is 0 Å². The highest BCUT2D eigenvalue weighted by Crippen LogP contribution is 2.31. The Bertz CT molecular complexity index is 354. The lowest BCUT2D eigenvalue weighted by Crippen LogP contribution is -2.26. The molecule has 0 radical (unpaired) electrons. The monoisotopic (exact) mass is 283 g/mol. The molecule has 1 aliphatic carbocycles. The van der Waals surface area contributed by atoms with Gasteiger partial charge in [0.05, 0.1) is 0 Å². The maximum atomic E-state index is 8.79. The molecule has 1 aromatic carbocycles. The molecule has 1 aliphatic rings. The molecule has 16 heavy (non-hydrogen) atoms. The lowest BCUT2D eigenvalue weighted by Gasteiger charge is -2.26. The molecule has 88 valence electrons. The van der Waals surface area contributed by atoms with Crippen molar-refractivity contribution in [1.82, 2.24) is 5.32 Å². The van der Waals surface area contributed by atoms with Gasteiger partial charge in [0.15, 0.2) is 0 Å². The van der Waals surface area contributed by atoms with Crippen LogP contribution < -0.4 is 5.32 Å². The summed E-state index contributed by atoms with van der Waals surface area (Å²) in [4.78, 5) is 0. The van der Waals surface area contributed by atoms with Crippen LogP contribution in [0.15, 0.2) is 22.7 Å². The van der Waals surface area contributed by atoms with Crippen LogP contribution in [0.4, 0.5) is 0 Å². The number of aryl methyl sites for hydroxylation is 1. The minimum atomic E-state index is 0.269. The Morgan fingerprint density at radius 3 is 3.12 bits per heavy atom. The van der Waals surface area contributed by atoms with Crippen LogP contribution in [0, 0.1) is 0 Å². The Balaban J connectivity index is 2.09. The van der Waals surface area contributed by atoms with Gasteiger partial charge in [-0.1, -0.05) is 22.0 Å². The van der Waals surface area contributed by atoms with Gasteiger partial charge in [-0.25, -0.2) is 0 Å². The predicted molar refractivity (Wildman–Crippen MR) is 69.5 cm³/mol. The largest absolute Gasteiger partial charge is 0.396 e. The zero-order valence-corrected chi connectivity index (χ0v) is 11.0. The molecule has 2 nitrogen and oxygen atoms in total. The van der Waals surface area contributed by atoms with Gasteiger partial charge in [-0.05, 0) is 55.5 Å². The highest BCUT2D eigenvalue weighted by Gasteiger charge is 2.19. The molecule has 2 N–H and O–H groups in total. The van der Waals surface area contributed by atoms with Gasteiger partial charge in [-0.2, -0.15) is 0 Å². The molecular weight excluding hydrogens is 266 g/mol. The zero-order valence-electron chi connectivity index (χ0n) is 9.38. The number of aliphatic hydroxyl groups excluding tert-OH is 1. The molecule has 0 fully saturated rings. The first-order chi connectivity index (χ1) is 7.81.